The molecule has 2 saturated heterocycles. The van der Waals surface area contributed by atoms with Gasteiger partial charge in [-0.15, -0.1) is 0 Å². The van der Waals surface area contributed by atoms with Crippen LogP contribution in [0.25, 0.3) is 0 Å². The normalized spacial score (nSPS) is 23.2. The topological polar surface area (TPSA) is 58.6 Å². The van der Waals surface area contributed by atoms with Crippen LogP contribution < -0.4 is 10.1 Å². The highest BCUT2D eigenvalue weighted by molar-refractivity contribution is 6.05. The van der Waals surface area contributed by atoms with E-state index in [1.807, 2.05) is 54.6 Å². The Morgan fingerprint density at radius 3 is 2.08 bits per heavy atom. The second-order valence-electron chi connectivity index (χ2n) is 6.32. The Morgan fingerprint density at radius 1 is 0.875 bits per heavy atom. The molecule has 0 unspecified atom stereocenters. The van der Waals surface area contributed by atoms with Crippen LogP contribution in [0.1, 0.15) is 5.56 Å². The van der Waals surface area contributed by atoms with E-state index in [-0.39, 0.29) is 23.7 Å². The van der Waals surface area contributed by atoms with Crippen LogP contribution in [0.15, 0.2) is 54.6 Å². The summed E-state index contributed by atoms with van der Waals surface area (Å²) in [5.74, 6) is 0.981. The van der Waals surface area contributed by atoms with Gasteiger partial charge in [0.15, 0.2) is 0 Å². The lowest BCUT2D eigenvalue weighted by molar-refractivity contribution is -0.126. The minimum absolute atomic E-state index is 0.126. The number of imide groups is 1. The molecule has 2 fully saturated rings. The minimum atomic E-state index is -0.182. The van der Waals surface area contributed by atoms with Crippen molar-refractivity contribution in [3.63, 3.8) is 0 Å². The lowest BCUT2D eigenvalue weighted by Gasteiger charge is -2.16. The van der Waals surface area contributed by atoms with Crippen LogP contribution in [0.5, 0.6) is 11.5 Å². The number of rotatable bonds is 4. The standard InChI is InChI=1S/C19H18N2O3/c22-18-16-11-21(12-17(16)19(23)20-18)10-13-6-8-15(9-7-13)24-14-4-2-1-3-5-14/h1-9,16-17H,10-12H2,(H,20,22,23)/t16-,17+. The summed E-state index contributed by atoms with van der Waals surface area (Å²) < 4.78 is 5.78. The highest BCUT2D eigenvalue weighted by atomic mass is 16.5. The highest BCUT2D eigenvalue weighted by Gasteiger charge is 2.47. The van der Waals surface area contributed by atoms with E-state index in [1.54, 1.807) is 0 Å². The number of carbonyl (C=O) groups excluding carboxylic acids is 2. The third kappa shape index (κ3) is 2.90. The van der Waals surface area contributed by atoms with Crippen molar-refractivity contribution in [3.05, 3.63) is 60.2 Å². The van der Waals surface area contributed by atoms with Crippen molar-refractivity contribution in [1.82, 2.24) is 10.2 Å². The molecule has 0 saturated carbocycles. The van der Waals surface area contributed by atoms with E-state index in [2.05, 4.69) is 10.2 Å². The van der Waals surface area contributed by atoms with E-state index in [9.17, 15) is 9.59 Å². The summed E-state index contributed by atoms with van der Waals surface area (Å²) in [5, 5.41) is 2.41. The van der Waals surface area contributed by atoms with Gasteiger partial charge in [0.2, 0.25) is 11.8 Å². The molecule has 4 rings (SSSR count). The zero-order chi connectivity index (χ0) is 16.5. The summed E-state index contributed by atoms with van der Waals surface area (Å²) in [5.41, 5.74) is 1.14. The fourth-order valence-corrected chi connectivity index (χ4v) is 3.40. The molecule has 2 amide bonds. The molecule has 0 spiro atoms. The average molecular weight is 322 g/mol. The Bertz CT molecular complexity index is 736. The van der Waals surface area contributed by atoms with Crippen LogP contribution in [0.4, 0.5) is 0 Å². The highest BCUT2D eigenvalue weighted by Crippen LogP contribution is 2.29. The van der Waals surface area contributed by atoms with Gasteiger partial charge in [-0.25, -0.2) is 0 Å². The Labute approximate surface area is 140 Å². The molecule has 2 aliphatic rings. The van der Waals surface area contributed by atoms with Crippen LogP contribution in [-0.2, 0) is 16.1 Å². The smallest absolute Gasteiger partial charge is 0.231 e. The molecule has 5 heteroatoms. The summed E-state index contributed by atoms with van der Waals surface area (Å²) in [7, 11) is 0. The number of fused-ring (bicyclic) bond motifs is 1. The quantitative estimate of drug-likeness (QED) is 0.877. The largest absolute Gasteiger partial charge is 0.457 e. The molecule has 24 heavy (non-hydrogen) atoms. The first-order valence-electron chi connectivity index (χ1n) is 8.08. The van der Waals surface area contributed by atoms with Gasteiger partial charge in [-0.05, 0) is 29.8 Å². The molecule has 0 aliphatic carbocycles. The number of ether oxygens (including phenoxy) is 1. The summed E-state index contributed by atoms with van der Waals surface area (Å²) in [6, 6.07) is 17.6. The van der Waals surface area contributed by atoms with E-state index in [1.165, 1.54) is 0 Å². The first-order valence-corrected chi connectivity index (χ1v) is 8.08. The van der Waals surface area contributed by atoms with E-state index < -0.39 is 0 Å². The predicted molar refractivity (Wildman–Crippen MR) is 88.4 cm³/mol. The van der Waals surface area contributed by atoms with Crippen LogP contribution in [0.2, 0.25) is 0 Å². The maximum absolute atomic E-state index is 11.7. The molecule has 0 radical (unpaired) electrons. The maximum atomic E-state index is 11.7. The Kier molecular flexibility index (Phi) is 3.78. The molecule has 0 aromatic heterocycles. The molecule has 5 nitrogen and oxygen atoms in total. The summed E-state index contributed by atoms with van der Waals surface area (Å²) in [4.78, 5) is 25.6. The van der Waals surface area contributed by atoms with E-state index in [4.69, 9.17) is 4.74 Å². The Balaban J connectivity index is 1.38. The zero-order valence-corrected chi connectivity index (χ0v) is 13.1. The SMILES string of the molecule is O=C1NC(=O)[C@@H]2CN(Cc3ccc(Oc4ccccc4)cc3)C[C@H]12. The van der Waals surface area contributed by atoms with Crippen LogP contribution in [0.3, 0.4) is 0 Å². The lowest BCUT2D eigenvalue weighted by Crippen LogP contribution is -2.31. The molecule has 1 N–H and O–H groups in total. The van der Waals surface area contributed by atoms with Gasteiger partial charge in [0.1, 0.15) is 11.5 Å². The molecule has 2 heterocycles. The van der Waals surface area contributed by atoms with Gasteiger partial charge in [0, 0.05) is 19.6 Å². The predicted octanol–water partition coefficient (Wildman–Crippen LogP) is 2.18. The number of benzene rings is 2. The number of hydrogen-bond donors (Lipinski definition) is 1. The average Bonchev–Trinajstić information content (AvgIpc) is 3.12. The first kappa shape index (κ1) is 14.9. The number of amides is 2. The monoisotopic (exact) mass is 322 g/mol. The fraction of sp³-hybridized carbons (Fsp3) is 0.263. The number of para-hydroxylation sites is 1. The molecule has 0 bridgehead atoms. The number of hydrogen-bond acceptors (Lipinski definition) is 4. The van der Waals surface area contributed by atoms with Crippen molar-refractivity contribution in [2.45, 2.75) is 6.54 Å². The Hall–Kier alpha value is -2.66. The molecule has 2 aliphatic heterocycles. The van der Waals surface area contributed by atoms with Crippen molar-refractivity contribution < 1.29 is 14.3 Å². The second-order valence-corrected chi connectivity index (χ2v) is 6.32. The summed E-state index contributed by atoms with van der Waals surface area (Å²) in [6.07, 6.45) is 0. The molecule has 2 atom stereocenters. The van der Waals surface area contributed by atoms with Gasteiger partial charge in [0.25, 0.3) is 0 Å². The van der Waals surface area contributed by atoms with Gasteiger partial charge in [-0.3, -0.25) is 19.8 Å². The second kappa shape index (κ2) is 6.09. The zero-order valence-electron chi connectivity index (χ0n) is 13.1. The molecule has 122 valence electrons. The van der Waals surface area contributed by atoms with Gasteiger partial charge >= 0.3 is 0 Å². The molecule has 2 aromatic carbocycles. The van der Waals surface area contributed by atoms with Crippen LogP contribution in [0, 0.1) is 11.8 Å². The third-order valence-electron chi connectivity index (χ3n) is 4.62. The number of nitrogens with zero attached hydrogens (tertiary/aromatic N) is 1. The van der Waals surface area contributed by atoms with Crippen molar-refractivity contribution >= 4 is 11.8 Å². The Morgan fingerprint density at radius 2 is 1.46 bits per heavy atom. The van der Waals surface area contributed by atoms with Gasteiger partial charge in [0.05, 0.1) is 11.8 Å². The van der Waals surface area contributed by atoms with Crippen LogP contribution in [-0.4, -0.2) is 29.8 Å². The van der Waals surface area contributed by atoms with Gasteiger partial charge in [-0.2, -0.15) is 0 Å². The van der Waals surface area contributed by atoms with Crippen molar-refractivity contribution in [2.24, 2.45) is 11.8 Å². The van der Waals surface area contributed by atoms with E-state index in [0.29, 0.717) is 13.1 Å². The van der Waals surface area contributed by atoms with E-state index in [0.717, 1.165) is 23.6 Å². The third-order valence-corrected chi connectivity index (χ3v) is 4.62. The number of likely N-dealkylation sites (tertiary alicyclic amines) is 1. The first-order chi connectivity index (χ1) is 11.7. The van der Waals surface area contributed by atoms with Gasteiger partial charge < -0.3 is 4.74 Å². The maximum Gasteiger partial charge on any atom is 0.231 e. The summed E-state index contributed by atoms with van der Waals surface area (Å²) >= 11 is 0. The van der Waals surface area contributed by atoms with Gasteiger partial charge in [-0.1, -0.05) is 30.3 Å². The van der Waals surface area contributed by atoms with E-state index >= 15 is 0 Å². The fourth-order valence-electron chi connectivity index (χ4n) is 3.40. The van der Waals surface area contributed by atoms with Crippen LogP contribution >= 0.6 is 0 Å². The van der Waals surface area contributed by atoms with Crippen molar-refractivity contribution in [1.29, 1.82) is 0 Å². The van der Waals surface area contributed by atoms with Crippen molar-refractivity contribution in [2.75, 3.05) is 13.1 Å². The molecular formula is C19H18N2O3. The number of nitrogens with one attached hydrogen (secondary N) is 1. The molecular weight excluding hydrogens is 304 g/mol. The minimum Gasteiger partial charge on any atom is -0.457 e. The van der Waals surface area contributed by atoms with Crippen molar-refractivity contribution in [3.8, 4) is 11.5 Å². The lowest BCUT2D eigenvalue weighted by atomic mass is 10.00. The number of carbonyl (C=O) groups is 2. The molecule has 2 aromatic rings. The summed E-state index contributed by atoms with van der Waals surface area (Å²) in [6.45, 7) is 2.02.